The van der Waals surface area contributed by atoms with Gasteiger partial charge in [-0.05, 0) is 75.3 Å². The van der Waals surface area contributed by atoms with Crippen LogP contribution in [0.4, 0.5) is 4.79 Å². The van der Waals surface area contributed by atoms with Gasteiger partial charge in [0.15, 0.2) is 0 Å². The molecule has 6 heteroatoms. The first-order valence-corrected chi connectivity index (χ1v) is 10.3. The highest BCUT2D eigenvalue weighted by atomic mass is 16.2. The van der Waals surface area contributed by atoms with Crippen molar-refractivity contribution in [2.75, 3.05) is 6.54 Å². The minimum Gasteiger partial charge on any atom is -0.348 e. The SMILES string of the molecule is CC(NC(=O)CCNC(=O)NC12CC3CC(CC(C3)C1)C2)c1ccccn1. The first-order chi connectivity index (χ1) is 13.0. The highest BCUT2D eigenvalue weighted by Gasteiger charge is 2.51. The van der Waals surface area contributed by atoms with E-state index >= 15 is 0 Å². The van der Waals surface area contributed by atoms with E-state index in [4.69, 9.17) is 0 Å². The second-order valence-electron chi connectivity index (χ2n) is 8.87. The monoisotopic (exact) mass is 370 g/mol. The van der Waals surface area contributed by atoms with Gasteiger partial charge in [-0.25, -0.2) is 4.79 Å². The van der Waals surface area contributed by atoms with E-state index in [1.807, 2.05) is 25.1 Å². The maximum Gasteiger partial charge on any atom is 0.315 e. The second kappa shape index (κ2) is 7.49. The van der Waals surface area contributed by atoms with E-state index in [-0.39, 0.29) is 29.9 Å². The Labute approximate surface area is 160 Å². The van der Waals surface area contributed by atoms with E-state index in [0.29, 0.717) is 6.54 Å². The van der Waals surface area contributed by atoms with Gasteiger partial charge in [-0.2, -0.15) is 0 Å². The number of aromatic nitrogens is 1. The van der Waals surface area contributed by atoms with Crippen molar-refractivity contribution in [1.82, 2.24) is 20.9 Å². The predicted molar refractivity (Wildman–Crippen MR) is 103 cm³/mol. The van der Waals surface area contributed by atoms with Gasteiger partial charge >= 0.3 is 6.03 Å². The molecule has 1 unspecified atom stereocenters. The van der Waals surface area contributed by atoms with Gasteiger partial charge in [0.2, 0.25) is 5.91 Å². The molecule has 4 aliphatic carbocycles. The number of nitrogens with one attached hydrogen (secondary N) is 3. The number of amides is 3. The highest BCUT2D eigenvalue weighted by Crippen LogP contribution is 2.55. The third-order valence-corrected chi connectivity index (χ3v) is 6.56. The maximum atomic E-state index is 12.4. The van der Waals surface area contributed by atoms with Crippen LogP contribution < -0.4 is 16.0 Å². The molecular formula is C21H30N4O2. The molecule has 5 rings (SSSR count). The molecule has 146 valence electrons. The van der Waals surface area contributed by atoms with Crippen molar-refractivity contribution in [2.24, 2.45) is 17.8 Å². The molecule has 0 saturated heterocycles. The fraction of sp³-hybridized carbons (Fsp3) is 0.667. The van der Waals surface area contributed by atoms with Crippen LogP contribution in [0, 0.1) is 17.8 Å². The minimum absolute atomic E-state index is 0.00852. The van der Waals surface area contributed by atoms with Crippen LogP contribution in [0.5, 0.6) is 0 Å². The summed E-state index contributed by atoms with van der Waals surface area (Å²) in [7, 11) is 0. The number of hydrogen-bond donors (Lipinski definition) is 3. The lowest BCUT2D eigenvalue weighted by Gasteiger charge is -2.56. The lowest BCUT2D eigenvalue weighted by Crippen LogP contribution is -2.61. The number of nitrogens with zero attached hydrogens (tertiary/aromatic N) is 1. The van der Waals surface area contributed by atoms with Gasteiger partial charge in [0, 0.05) is 24.7 Å². The van der Waals surface area contributed by atoms with Crippen LogP contribution >= 0.6 is 0 Å². The number of pyridine rings is 1. The molecule has 3 amide bonds. The van der Waals surface area contributed by atoms with Gasteiger partial charge in [0.05, 0.1) is 11.7 Å². The van der Waals surface area contributed by atoms with Crippen LogP contribution in [-0.4, -0.2) is 29.0 Å². The number of carbonyl (C=O) groups excluding carboxylic acids is 2. The molecule has 4 saturated carbocycles. The Bertz CT molecular complexity index is 655. The standard InChI is InChI=1S/C21H30N4O2/c1-14(18-4-2-3-6-22-18)24-19(26)5-7-23-20(27)25-21-11-15-8-16(12-21)10-17(9-15)13-21/h2-4,6,14-17H,5,7-13H2,1H3,(H,24,26)(H2,23,25,27). The zero-order chi connectivity index (χ0) is 18.9. The first-order valence-electron chi connectivity index (χ1n) is 10.3. The molecule has 0 aliphatic heterocycles. The maximum absolute atomic E-state index is 12.4. The van der Waals surface area contributed by atoms with E-state index in [1.165, 1.54) is 19.3 Å². The topological polar surface area (TPSA) is 83.1 Å². The second-order valence-corrected chi connectivity index (χ2v) is 8.87. The van der Waals surface area contributed by atoms with Gasteiger partial charge in [-0.1, -0.05) is 6.07 Å². The van der Waals surface area contributed by atoms with Crippen LogP contribution in [-0.2, 0) is 4.79 Å². The normalized spacial score (nSPS) is 32.0. The fourth-order valence-electron chi connectivity index (χ4n) is 5.86. The molecule has 4 bridgehead atoms. The molecule has 4 fully saturated rings. The largest absolute Gasteiger partial charge is 0.348 e. The Morgan fingerprint density at radius 2 is 1.81 bits per heavy atom. The zero-order valence-corrected chi connectivity index (χ0v) is 16.0. The molecule has 1 atom stereocenters. The van der Waals surface area contributed by atoms with Gasteiger partial charge < -0.3 is 16.0 Å². The highest BCUT2D eigenvalue weighted by molar-refractivity contribution is 5.78. The van der Waals surface area contributed by atoms with Gasteiger partial charge in [-0.15, -0.1) is 0 Å². The Kier molecular flexibility index (Phi) is 5.06. The van der Waals surface area contributed by atoms with Gasteiger partial charge in [0.25, 0.3) is 0 Å². The summed E-state index contributed by atoms with van der Waals surface area (Å²) in [5, 5.41) is 9.07. The lowest BCUT2D eigenvalue weighted by atomic mass is 9.53. The molecule has 1 heterocycles. The molecular weight excluding hydrogens is 340 g/mol. The third-order valence-electron chi connectivity index (χ3n) is 6.56. The molecule has 0 spiro atoms. The molecule has 6 nitrogen and oxygen atoms in total. The van der Waals surface area contributed by atoms with Crippen LogP contribution in [0.1, 0.15) is 63.6 Å². The minimum atomic E-state index is -0.139. The third kappa shape index (κ3) is 4.25. The van der Waals surface area contributed by atoms with Crippen molar-refractivity contribution in [1.29, 1.82) is 0 Å². The molecule has 4 aliphatic rings. The quantitative estimate of drug-likeness (QED) is 0.720. The Morgan fingerprint density at radius 3 is 2.41 bits per heavy atom. The van der Waals surface area contributed by atoms with Gasteiger partial charge in [0.1, 0.15) is 0 Å². The Balaban J connectivity index is 1.19. The summed E-state index contributed by atoms with van der Waals surface area (Å²) in [5.41, 5.74) is 0.840. The molecule has 1 aromatic heterocycles. The molecule has 27 heavy (non-hydrogen) atoms. The smallest absolute Gasteiger partial charge is 0.315 e. The Morgan fingerprint density at radius 1 is 1.15 bits per heavy atom. The average molecular weight is 370 g/mol. The summed E-state index contributed by atoms with van der Waals surface area (Å²) >= 11 is 0. The van der Waals surface area contributed by atoms with Crippen LogP contribution in [0.2, 0.25) is 0 Å². The van der Waals surface area contributed by atoms with Gasteiger partial charge in [-0.3, -0.25) is 9.78 Å². The van der Waals surface area contributed by atoms with Crippen LogP contribution in [0.25, 0.3) is 0 Å². The number of hydrogen-bond acceptors (Lipinski definition) is 3. The Hall–Kier alpha value is -2.11. The average Bonchev–Trinajstić information content (AvgIpc) is 2.60. The van der Waals surface area contributed by atoms with E-state index in [2.05, 4.69) is 20.9 Å². The number of carbonyl (C=O) groups is 2. The lowest BCUT2D eigenvalue weighted by molar-refractivity contribution is -0.121. The summed E-state index contributed by atoms with van der Waals surface area (Å²) in [6, 6.07) is 5.38. The van der Waals surface area contributed by atoms with E-state index in [9.17, 15) is 9.59 Å². The zero-order valence-electron chi connectivity index (χ0n) is 16.0. The van der Waals surface area contributed by atoms with Crippen LogP contribution in [0.3, 0.4) is 0 Å². The molecule has 1 aromatic rings. The van der Waals surface area contributed by atoms with E-state index in [0.717, 1.165) is 42.7 Å². The number of urea groups is 1. The van der Waals surface area contributed by atoms with Crippen molar-refractivity contribution in [3.05, 3.63) is 30.1 Å². The molecule has 0 radical (unpaired) electrons. The van der Waals surface area contributed by atoms with Crippen molar-refractivity contribution >= 4 is 11.9 Å². The summed E-state index contributed by atoms with van der Waals surface area (Å²) < 4.78 is 0. The van der Waals surface area contributed by atoms with E-state index in [1.54, 1.807) is 6.20 Å². The van der Waals surface area contributed by atoms with Crippen molar-refractivity contribution in [3.8, 4) is 0 Å². The molecule has 0 aromatic carbocycles. The summed E-state index contributed by atoms with van der Waals surface area (Å²) in [6.45, 7) is 2.26. The first kappa shape index (κ1) is 18.3. The molecule has 3 N–H and O–H groups in total. The van der Waals surface area contributed by atoms with Crippen LogP contribution in [0.15, 0.2) is 24.4 Å². The summed E-state index contributed by atoms with van der Waals surface area (Å²) in [4.78, 5) is 28.7. The number of rotatable bonds is 6. The van der Waals surface area contributed by atoms with Crippen molar-refractivity contribution in [3.63, 3.8) is 0 Å². The fourth-order valence-corrected chi connectivity index (χ4v) is 5.86. The van der Waals surface area contributed by atoms with Crippen molar-refractivity contribution < 1.29 is 9.59 Å². The van der Waals surface area contributed by atoms with E-state index < -0.39 is 0 Å². The summed E-state index contributed by atoms with van der Waals surface area (Å²) in [6.07, 6.45) is 9.46. The summed E-state index contributed by atoms with van der Waals surface area (Å²) in [5.74, 6) is 2.32. The van der Waals surface area contributed by atoms with Crippen molar-refractivity contribution in [2.45, 2.75) is 63.5 Å². The predicted octanol–water partition coefficient (Wildman–Crippen LogP) is 2.92.